The van der Waals surface area contributed by atoms with Gasteiger partial charge in [0.15, 0.2) is 0 Å². The number of rotatable bonds is 0. The van der Waals surface area contributed by atoms with Crippen molar-refractivity contribution in [3.05, 3.63) is 71.3 Å². The summed E-state index contributed by atoms with van der Waals surface area (Å²) in [5, 5.41) is 13.5. The van der Waals surface area contributed by atoms with Crippen molar-refractivity contribution in [2.75, 3.05) is 26.2 Å². The highest BCUT2D eigenvalue weighted by molar-refractivity contribution is 5.78. The Labute approximate surface area is 202 Å². The molecule has 4 heterocycles. The van der Waals surface area contributed by atoms with Gasteiger partial charge in [0.1, 0.15) is 6.09 Å². The van der Waals surface area contributed by atoms with Crippen LogP contribution in [0.3, 0.4) is 0 Å². The molecule has 2 aliphatic carbocycles. The third-order valence-electron chi connectivity index (χ3n) is 8.29. The second-order valence-corrected chi connectivity index (χ2v) is 10.2. The van der Waals surface area contributed by atoms with E-state index in [-0.39, 0.29) is 11.8 Å². The molecule has 0 spiro atoms. The fraction of sp³-hybridized carbons (Fsp3) is 0.370. The van der Waals surface area contributed by atoms with Gasteiger partial charge in [-0.25, -0.2) is 0 Å². The molecule has 35 heavy (non-hydrogen) atoms. The minimum absolute atomic E-state index is 0.276. The van der Waals surface area contributed by atoms with Gasteiger partial charge in [-0.3, -0.25) is 19.9 Å². The van der Waals surface area contributed by atoms with Crippen LogP contribution in [-0.2, 0) is 0 Å². The number of benzene rings is 2. The van der Waals surface area contributed by atoms with Crippen LogP contribution in [0, 0.1) is 0 Å². The summed E-state index contributed by atoms with van der Waals surface area (Å²) in [6.45, 7) is 3.57. The van der Waals surface area contributed by atoms with Crippen LogP contribution >= 0.6 is 0 Å². The number of carbonyl (C=O) groups excluding carboxylic acids is 1. The van der Waals surface area contributed by atoms with Crippen molar-refractivity contribution in [3.8, 4) is 0 Å². The van der Waals surface area contributed by atoms with Crippen molar-refractivity contribution < 1.29 is 15.2 Å². The number of nitrogens with zero attached hydrogens (tertiary/aromatic N) is 5. The summed E-state index contributed by atoms with van der Waals surface area (Å²) in [6, 6.07) is 8.67. The summed E-state index contributed by atoms with van der Waals surface area (Å²) in [4.78, 5) is 29.9. The molecule has 4 bridgehead atoms. The lowest BCUT2D eigenvalue weighted by molar-refractivity contribution is -0.665. The standard InChI is InChI=1S/C14H13N3O2.C13H13N3/c18-14(19)17-6-8-3-9(7-17)11-5-13-12(4-10(8)11)15-1-2-16-13;1-2-16-13-5-11-9-3-8(6-14-7-9)10(11)4-12(13)15-1/h1-2,4-5,8-9H,3,6-7H2,(H,18,19);1-2,4-5,8-9,14H,3,6-7H2. The summed E-state index contributed by atoms with van der Waals surface area (Å²) >= 11 is 0. The van der Waals surface area contributed by atoms with Crippen LogP contribution in [0.1, 0.15) is 58.8 Å². The zero-order valence-electron chi connectivity index (χ0n) is 19.3. The summed E-state index contributed by atoms with van der Waals surface area (Å²) in [7, 11) is 0. The van der Waals surface area contributed by atoms with Crippen LogP contribution in [0.2, 0.25) is 0 Å². The smallest absolute Gasteiger partial charge is 0.136 e. The number of hydrogen-bond acceptors (Lipinski definition) is 6. The van der Waals surface area contributed by atoms with Gasteiger partial charge in [0, 0.05) is 61.5 Å². The number of amides is 1. The van der Waals surface area contributed by atoms with E-state index in [0.29, 0.717) is 13.1 Å². The number of fused-ring (bicyclic) bond motifs is 12. The van der Waals surface area contributed by atoms with Gasteiger partial charge in [0.2, 0.25) is 0 Å². The molecule has 2 fully saturated rings. The Kier molecular flexibility index (Phi) is 4.70. The van der Waals surface area contributed by atoms with Gasteiger partial charge in [-0.1, -0.05) is 0 Å². The highest BCUT2D eigenvalue weighted by atomic mass is 16.4. The normalized spacial score (nSPS) is 25.7. The van der Waals surface area contributed by atoms with E-state index in [2.05, 4.69) is 49.5 Å². The number of carboxylic acid groups (broad SMARTS) is 1. The van der Waals surface area contributed by atoms with Crippen LogP contribution in [0.15, 0.2) is 49.1 Å². The zero-order chi connectivity index (χ0) is 23.5. The number of nitrogens with two attached hydrogens (primary N) is 1. The van der Waals surface area contributed by atoms with Gasteiger partial charge in [0.25, 0.3) is 0 Å². The molecule has 4 atom stereocenters. The molecular formula is C27H26N6O2. The van der Waals surface area contributed by atoms with Crippen LogP contribution in [-0.4, -0.2) is 57.1 Å². The molecule has 0 radical (unpaired) electrons. The summed E-state index contributed by atoms with van der Waals surface area (Å²) in [5.74, 6) is 2.05. The van der Waals surface area contributed by atoms with E-state index < -0.39 is 6.09 Å². The van der Waals surface area contributed by atoms with E-state index in [1.165, 1.54) is 46.7 Å². The van der Waals surface area contributed by atoms with Crippen molar-refractivity contribution in [3.63, 3.8) is 0 Å². The Morgan fingerprint density at radius 1 is 0.686 bits per heavy atom. The van der Waals surface area contributed by atoms with Gasteiger partial charge < -0.3 is 20.1 Å². The Balaban J connectivity index is 0.000000122. The Morgan fingerprint density at radius 3 is 1.46 bits per heavy atom. The molecule has 2 saturated heterocycles. The highest BCUT2D eigenvalue weighted by Gasteiger charge is 2.38. The molecular weight excluding hydrogens is 440 g/mol. The third-order valence-corrected chi connectivity index (χ3v) is 8.29. The predicted octanol–water partition coefficient (Wildman–Crippen LogP) is 1.64. The maximum absolute atomic E-state index is 11.0. The molecule has 176 valence electrons. The maximum Gasteiger partial charge on any atom is 0.136 e. The van der Waals surface area contributed by atoms with Gasteiger partial charge >= 0.3 is 0 Å². The first-order valence-corrected chi connectivity index (χ1v) is 12.4. The Morgan fingerprint density at radius 2 is 1.06 bits per heavy atom. The van der Waals surface area contributed by atoms with Gasteiger partial charge in [0.05, 0.1) is 35.2 Å². The van der Waals surface area contributed by atoms with E-state index in [1.807, 2.05) is 0 Å². The molecule has 8 nitrogen and oxygen atoms in total. The van der Waals surface area contributed by atoms with Crippen LogP contribution in [0.5, 0.6) is 0 Å². The minimum Gasteiger partial charge on any atom is -0.530 e. The van der Waals surface area contributed by atoms with Crippen molar-refractivity contribution in [1.29, 1.82) is 0 Å². The summed E-state index contributed by atoms with van der Waals surface area (Å²) in [5.41, 5.74) is 9.41. The van der Waals surface area contributed by atoms with Crippen molar-refractivity contribution in [1.82, 2.24) is 24.8 Å². The quantitative estimate of drug-likeness (QED) is 0.422. The topological polar surface area (TPSA) is 112 Å². The molecule has 8 heteroatoms. The fourth-order valence-electron chi connectivity index (χ4n) is 6.74. The number of likely N-dealkylation sites (tertiary alicyclic amines) is 1. The lowest BCUT2D eigenvalue weighted by atomic mass is 9.96. The molecule has 2 aromatic carbocycles. The summed E-state index contributed by atoms with van der Waals surface area (Å²) in [6.07, 6.45) is 8.22. The maximum atomic E-state index is 11.0. The third kappa shape index (κ3) is 3.43. The van der Waals surface area contributed by atoms with E-state index >= 15 is 0 Å². The molecule has 2 aliphatic heterocycles. The molecule has 4 aromatic rings. The number of quaternary nitrogens is 1. The Hall–Kier alpha value is -3.65. The minimum atomic E-state index is -1.07. The number of aromatic nitrogens is 4. The van der Waals surface area contributed by atoms with Gasteiger partial charge in [-0.2, -0.15) is 0 Å². The molecule has 4 unspecified atom stereocenters. The first kappa shape index (κ1) is 20.7. The Bertz CT molecular complexity index is 1370. The monoisotopic (exact) mass is 466 g/mol. The van der Waals surface area contributed by atoms with Crippen molar-refractivity contribution in [2.24, 2.45) is 0 Å². The number of hydrogen-bond donors (Lipinski definition) is 1. The second kappa shape index (κ2) is 7.95. The van der Waals surface area contributed by atoms with Crippen molar-refractivity contribution in [2.45, 2.75) is 36.5 Å². The summed E-state index contributed by atoms with van der Waals surface area (Å²) < 4.78 is 0. The first-order valence-electron chi connectivity index (χ1n) is 12.4. The average molecular weight is 467 g/mol. The average Bonchev–Trinajstić information content (AvgIpc) is 3.29. The molecule has 8 rings (SSSR count). The fourth-order valence-corrected chi connectivity index (χ4v) is 6.74. The molecule has 1 amide bonds. The lowest BCUT2D eigenvalue weighted by Gasteiger charge is -2.33. The second-order valence-electron chi connectivity index (χ2n) is 10.2. The molecule has 0 saturated carbocycles. The van der Waals surface area contributed by atoms with E-state index in [9.17, 15) is 9.90 Å². The van der Waals surface area contributed by atoms with Gasteiger partial charge in [-0.05, 0) is 59.4 Å². The molecule has 4 aliphatic rings. The zero-order valence-corrected chi connectivity index (χ0v) is 19.3. The van der Waals surface area contributed by atoms with E-state index in [4.69, 9.17) is 0 Å². The molecule has 2 aromatic heterocycles. The lowest BCUT2D eigenvalue weighted by Crippen LogP contribution is -2.87. The van der Waals surface area contributed by atoms with Crippen LogP contribution in [0.25, 0.3) is 22.1 Å². The molecule has 2 N–H and O–H groups in total. The van der Waals surface area contributed by atoms with E-state index in [0.717, 1.165) is 40.3 Å². The van der Waals surface area contributed by atoms with Crippen LogP contribution in [0.4, 0.5) is 4.79 Å². The SMILES string of the molecule is O=C([O-])N1CC2CC(C1)c1cc3nccnc3cc12.c1cnc2cc3c(cc2n1)C1C[NH2+]CC3C1. The van der Waals surface area contributed by atoms with E-state index in [1.54, 1.807) is 24.8 Å². The van der Waals surface area contributed by atoms with Crippen LogP contribution < -0.4 is 10.4 Å². The number of piperidine rings is 2. The van der Waals surface area contributed by atoms with Crippen molar-refractivity contribution >= 4 is 28.2 Å². The predicted molar refractivity (Wildman–Crippen MR) is 128 cm³/mol. The highest BCUT2D eigenvalue weighted by Crippen LogP contribution is 2.47. The largest absolute Gasteiger partial charge is 0.530 e. The number of carbonyl (C=O) groups is 1. The van der Waals surface area contributed by atoms with Gasteiger partial charge in [-0.15, -0.1) is 0 Å². The first-order chi connectivity index (χ1) is 17.1.